The molecule has 0 spiro atoms. The Labute approximate surface area is 203 Å². The molecule has 1 amide bonds. The van der Waals surface area contributed by atoms with E-state index in [0.717, 1.165) is 4.31 Å². The summed E-state index contributed by atoms with van der Waals surface area (Å²) in [5.74, 6) is -0.843. The predicted molar refractivity (Wildman–Crippen MR) is 130 cm³/mol. The minimum Gasteiger partial charge on any atom is -0.497 e. The molecular formula is C25H23N3O6S. The molecule has 3 aromatic rings. The Kier molecular flexibility index (Phi) is 7.73. The fourth-order valence-corrected chi connectivity index (χ4v) is 4.27. The first-order valence-corrected chi connectivity index (χ1v) is 11.8. The molecule has 0 aromatic heterocycles. The molecule has 35 heavy (non-hydrogen) atoms. The van der Waals surface area contributed by atoms with Gasteiger partial charge < -0.3 is 14.8 Å². The van der Waals surface area contributed by atoms with Crippen LogP contribution in [0.4, 0.5) is 11.4 Å². The van der Waals surface area contributed by atoms with E-state index < -0.39 is 28.0 Å². The number of nitrogens with one attached hydrogen (secondary N) is 1. The highest BCUT2D eigenvalue weighted by Gasteiger charge is 2.24. The average Bonchev–Trinajstić information content (AvgIpc) is 2.88. The van der Waals surface area contributed by atoms with Gasteiger partial charge in [-0.25, -0.2) is 13.2 Å². The zero-order valence-electron chi connectivity index (χ0n) is 19.3. The molecule has 0 saturated carbocycles. The monoisotopic (exact) mass is 493 g/mol. The number of nitriles is 1. The van der Waals surface area contributed by atoms with Gasteiger partial charge in [0.1, 0.15) is 5.75 Å². The van der Waals surface area contributed by atoms with Crippen LogP contribution in [-0.2, 0) is 19.6 Å². The summed E-state index contributed by atoms with van der Waals surface area (Å²) in [6.45, 7) is 1.40. The smallest absolute Gasteiger partial charge is 0.338 e. The fourth-order valence-electron chi connectivity index (χ4n) is 3.03. The lowest BCUT2D eigenvalue weighted by molar-refractivity contribution is -0.123. The topological polar surface area (TPSA) is 126 Å². The molecule has 1 N–H and O–H groups in total. The van der Waals surface area contributed by atoms with Crippen LogP contribution in [0.1, 0.15) is 22.8 Å². The van der Waals surface area contributed by atoms with E-state index in [-0.39, 0.29) is 10.5 Å². The number of amides is 1. The van der Waals surface area contributed by atoms with Crippen LogP contribution in [0.25, 0.3) is 0 Å². The summed E-state index contributed by atoms with van der Waals surface area (Å²) in [6.07, 6.45) is -1.15. The number of rotatable bonds is 8. The molecule has 0 bridgehead atoms. The van der Waals surface area contributed by atoms with Crippen molar-refractivity contribution < 1.29 is 27.5 Å². The fraction of sp³-hybridized carbons (Fsp3) is 0.160. The molecule has 1 atom stereocenters. The second-order valence-corrected chi connectivity index (χ2v) is 9.39. The normalized spacial score (nSPS) is 11.6. The molecule has 0 fully saturated rings. The summed E-state index contributed by atoms with van der Waals surface area (Å²) in [5, 5.41) is 11.4. The van der Waals surface area contributed by atoms with E-state index in [2.05, 4.69) is 5.32 Å². The summed E-state index contributed by atoms with van der Waals surface area (Å²) in [4.78, 5) is 24.9. The van der Waals surface area contributed by atoms with Gasteiger partial charge in [0.2, 0.25) is 0 Å². The number of carbonyl (C=O) groups excluding carboxylic acids is 2. The first-order chi connectivity index (χ1) is 16.6. The number of hydrogen-bond acceptors (Lipinski definition) is 7. The summed E-state index contributed by atoms with van der Waals surface area (Å²) in [5.41, 5.74) is 1.26. The van der Waals surface area contributed by atoms with Crippen molar-refractivity contribution in [2.24, 2.45) is 0 Å². The third-order valence-electron chi connectivity index (χ3n) is 5.10. The van der Waals surface area contributed by atoms with Crippen molar-refractivity contribution in [2.75, 3.05) is 23.8 Å². The molecule has 1 unspecified atom stereocenters. The SMILES string of the molecule is COc1ccc(N(C)S(=O)(=O)c2cccc(C(=O)OC(C)C(=O)Nc3ccc(C#N)cc3)c2)cc1. The molecule has 0 radical (unpaired) electrons. The van der Waals surface area contributed by atoms with E-state index in [4.69, 9.17) is 14.7 Å². The summed E-state index contributed by atoms with van der Waals surface area (Å²) in [7, 11) is -1.06. The van der Waals surface area contributed by atoms with E-state index in [1.54, 1.807) is 48.5 Å². The van der Waals surface area contributed by atoms with E-state index in [1.165, 1.54) is 45.3 Å². The molecular weight excluding hydrogens is 470 g/mol. The van der Waals surface area contributed by atoms with Crippen LogP contribution in [0.2, 0.25) is 0 Å². The first-order valence-electron chi connectivity index (χ1n) is 10.4. The number of sulfonamides is 1. The van der Waals surface area contributed by atoms with E-state index in [1.807, 2.05) is 6.07 Å². The van der Waals surface area contributed by atoms with Crippen LogP contribution in [-0.4, -0.2) is 40.6 Å². The lowest BCUT2D eigenvalue weighted by Gasteiger charge is -2.20. The van der Waals surface area contributed by atoms with Gasteiger partial charge in [-0.15, -0.1) is 0 Å². The number of carbonyl (C=O) groups is 2. The Hall–Kier alpha value is -4.36. The van der Waals surface area contributed by atoms with Gasteiger partial charge in [0.15, 0.2) is 6.10 Å². The van der Waals surface area contributed by atoms with Gasteiger partial charge in [0.05, 0.1) is 34.9 Å². The number of benzene rings is 3. The largest absolute Gasteiger partial charge is 0.497 e. The summed E-state index contributed by atoms with van der Waals surface area (Å²) >= 11 is 0. The van der Waals surface area contributed by atoms with Gasteiger partial charge in [0, 0.05) is 12.7 Å². The lowest BCUT2D eigenvalue weighted by atomic mass is 10.2. The Morgan fingerprint density at radius 2 is 1.69 bits per heavy atom. The van der Waals surface area contributed by atoms with E-state index >= 15 is 0 Å². The van der Waals surface area contributed by atoms with Crippen LogP contribution in [0, 0.1) is 11.3 Å². The van der Waals surface area contributed by atoms with Gasteiger partial charge in [-0.2, -0.15) is 5.26 Å². The van der Waals surface area contributed by atoms with Crippen molar-refractivity contribution in [1.29, 1.82) is 5.26 Å². The van der Waals surface area contributed by atoms with Gasteiger partial charge >= 0.3 is 5.97 Å². The van der Waals surface area contributed by atoms with E-state index in [9.17, 15) is 18.0 Å². The maximum atomic E-state index is 13.1. The number of hydrogen-bond donors (Lipinski definition) is 1. The second-order valence-electron chi connectivity index (χ2n) is 7.42. The molecule has 9 nitrogen and oxygen atoms in total. The van der Waals surface area contributed by atoms with Crippen LogP contribution in [0.3, 0.4) is 0 Å². The van der Waals surface area contributed by atoms with Crippen LogP contribution in [0.15, 0.2) is 77.7 Å². The zero-order valence-corrected chi connectivity index (χ0v) is 20.1. The number of anilines is 2. The van der Waals surface area contributed by atoms with Crippen molar-refractivity contribution in [1.82, 2.24) is 0 Å². The Bertz CT molecular complexity index is 1360. The minimum absolute atomic E-state index is 0.0211. The first kappa shape index (κ1) is 25.3. The average molecular weight is 494 g/mol. The van der Waals surface area contributed by atoms with Crippen LogP contribution >= 0.6 is 0 Å². The van der Waals surface area contributed by atoms with Crippen LogP contribution < -0.4 is 14.4 Å². The summed E-state index contributed by atoms with van der Waals surface area (Å²) < 4.78 is 37.6. The third kappa shape index (κ3) is 5.96. The molecule has 3 rings (SSSR count). The molecule has 0 aliphatic heterocycles. The second kappa shape index (κ2) is 10.7. The standard InChI is InChI=1S/C25H23N3O6S/c1-17(24(29)27-20-9-7-18(16-26)8-10-20)34-25(30)19-5-4-6-23(15-19)35(31,32)28(2)21-11-13-22(33-3)14-12-21/h4-15,17H,1-3H3,(H,27,29). The molecule has 0 aliphatic rings. The van der Waals surface area contributed by atoms with Gasteiger partial charge in [-0.05, 0) is 73.7 Å². The quantitative estimate of drug-likeness (QED) is 0.475. The minimum atomic E-state index is -3.98. The van der Waals surface area contributed by atoms with Crippen molar-refractivity contribution in [2.45, 2.75) is 17.9 Å². The molecule has 180 valence electrons. The number of nitrogens with zero attached hydrogens (tertiary/aromatic N) is 2. The van der Waals surface area contributed by atoms with Crippen molar-refractivity contribution in [3.63, 3.8) is 0 Å². The maximum absolute atomic E-state index is 13.1. The zero-order chi connectivity index (χ0) is 25.6. The Balaban J connectivity index is 1.71. The summed E-state index contributed by atoms with van der Waals surface area (Å²) in [6, 6.07) is 20.0. The van der Waals surface area contributed by atoms with Crippen molar-refractivity contribution in [3.05, 3.63) is 83.9 Å². The Morgan fingerprint density at radius 3 is 2.29 bits per heavy atom. The molecule has 0 aliphatic carbocycles. The highest BCUT2D eigenvalue weighted by Crippen LogP contribution is 2.25. The Morgan fingerprint density at radius 1 is 1.03 bits per heavy atom. The highest BCUT2D eigenvalue weighted by molar-refractivity contribution is 7.92. The van der Waals surface area contributed by atoms with Crippen molar-refractivity contribution in [3.8, 4) is 11.8 Å². The number of esters is 1. The maximum Gasteiger partial charge on any atom is 0.338 e. The molecule has 0 saturated heterocycles. The van der Waals surface area contributed by atoms with Gasteiger partial charge in [-0.1, -0.05) is 6.07 Å². The molecule has 0 heterocycles. The lowest BCUT2D eigenvalue weighted by Crippen LogP contribution is -2.30. The van der Waals surface area contributed by atoms with Crippen LogP contribution in [0.5, 0.6) is 5.75 Å². The number of ether oxygens (including phenoxy) is 2. The molecule has 10 heteroatoms. The van der Waals surface area contributed by atoms with Gasteiger partial charge in [-0.3, -0.25) is 9.10 Å². The van der Waals surface area contributed by atoms with E-state index in [0.29, 0.717) is 22.7 Å². The molecule has 3 aromatic carbocycles. The van der Waals surface area contributed by atoms with Crippen molar-refractivity contribution >= 4 is 33.3 Å². The highest BCUT2D eigenvalue weighted by atomic mass is 32.2. The predicted octanol–water partition coefficient (Wildman–Crippen LogP) is 3.58. The van der Waals surface area contributed by atoms with Gasteiger partial charge in [0.25, 0.3) is 15.9 Å². The number of methoxy groups -OCH3 is 1. The third-order valence-corrected chi connectivity index (χ3v) is 6.88.